The summed E-state index contributed by atoms with van der Waals surface area (Å²) >= 11 is 0. The summed E-state index contributed by atoms with van der Waals surface area (Å²) in [5.74, 6) is 0.274. The van der Waals surface area contributed by atoms with Crippen LogP contribution in [-0.4, -0.2) is 16.9 Å². The summed E-state index contributed by atoms with van der Waals surface area (Å²) in [6, 6.07) is 7.47. The largest absolute Gasteiger partial charge is 0.444 e. The summed E-state index contributed by atoms with van der Waals surface area (Å²) in [5, 5.41) is 3.03. The van der Waals surface area contributed by atoms with E-state index in [0.717, 1.165) is 18.4 Å². The number of anilines is 1. The van der Waals surface area contributed by atoms with Gasteiger partial charge in [0.2, 0.25) is 5.89 Å². The molecule has 3 N–H and O–H groups in total. The van der Waals surface area contributed by atoms with Crippen molar-refractivity contribution in [3.05, 3.63) is 36.2 Å². The maximum atomic E-state index is 12.2. The minimum Gasteiger partial charge on any atom is -0.444 e. The second kappa shape index (κ2) is 5.99. The second-order valence-electron chi connectivity index (χ2n) is 5.47. The smallest absolute Gasteiger partial charge is 0.273 e. The summed E-state index contributed by atoms with van der Waals surface area (Å²) in [7, 11) is 0. The van der Waals surface area contributed by atoms with Crippen LogP contribution in [0.15, 0.2) is 34.9 Å². The van der Waals surface area contributed by atoms with Gasteiger partial charge in [-0.3, -0.25) is 4.79 Å². The lowest BCUT2D eigenvalue weighted by molar-refractivity contribution is 0.0922. The number of hydrogen-bond acceptors (Lipinski definition) is 4. The van der Waals surface area contributed by atoms with Gasteiger partial charge in [-0.2, -0.15) is 0 Å². The Labute approximate surface area is 123 Å². The molecule has 1 aliphatic carbocycles. The molecule has 0 spiro atoms. The number of benzene rings is 1. The van der Waals surface area contributed by atoms with Crippen LogP contribution in [0, 0.1) is 0 Å². The number of aromatic nitrogens is 1. The van der Waals surface area contributed by atoms with E-state index in [9.17, 15) is 4.79 Å². The van der Waals surface area contributed by atoms with Crippen LogP contribution >= 0.6 is 0 Å². The van der Waals surface area contributed by atoms with Crippen LogP contribution in [0.1, 0.15) is 42.6 Å². The SMILES string of the molecule is Nc1ccc(-c2nc(C(=O)NC3CCCCC3)co2)cc1. The number of oxazole rings is 1. The van der Waals surface area contributed by atoms with Crippen molar-refractivity contribution in [3.63, 3.8) is 0 Å². The fourth-order valence-corrected chi connectivity index (χ4v) is 2.64. The molecule has 1 heterocycles. The molecule has 1 aromatic carbocycles. The molecule has 1 saturated carbocycles. The van der Waals surface area contributed by atoms with Crippen LogP contribution in [0.2, 0.25) is 0 Å². The van der Waals surface area contributed by atoms with Gasteiger partial charge in [-0.05, 0) is 37.1 Å². The normalized spacial score (nSPS) is 15.8. The van der Waals surface area contributed by atoms with Crippen LogP contribution in [0.25, 0.3) is 11.5 Å². The first-order valence-electron chi connectivity index (χ1n) is 7.35. The highest BCUT2D eigenvalue weighted by Gasteiger charge is 2.19. The zero-order chi connectivity index (χ0) is 14.7. The van der Waals surface area contributed by atoms with Gasteiger partial charge in [0.15, 0.2) is 5.69 Å². The van der Waals surface area contributed by atoms with Crippen LogP contribution < -0.4 is 11.1 Å². The van der Waals surface area contributed by atoms with Gasteiger partial charge in [-0.15, -0.1) is 0 Å². The molecule has 0 saturated heterocycles. The average Bonchev–Trinajstić information content (AvgIpc) is 2.99. The van der Waals surface area contributed by atoms with Gasteiger partial charge < -0.3 is 15.5 Å². The lowest BCUT2D eigenvalue weighted by Gasteiger charge is -2.22. The Balaban J connectivity index is 1.69. The molecule has 0 radical (unpaired) electrons. The third-order valence-corrected chi connectivity index (χ3v) is 3.83. The number of rotatable bonds is 3. The number of nitrogens with zero attached hydrogens (tertiary/aromatic N) is 1. The third kappa shape index (κ3) is 3.24. The fraction of sp³-hybridized carbons (Fsp3) is 0.375. The molecule has 0 aliphatic heterocycles. The Bertz CT molecular complexity index is 613. The van der Waals surface area contributed by atoms with E-state index < -0.39 is 0 Å². The van der Waals surface area contributed by atoms with Crippen LogP contribution in [0.5, 0.6) is 0 Å². The topological polar surface area (TPSA) is 81.1 Å². The number of hydrogen-bond donors (Lipinski definition) is 2. The van der Waals surface area contributed by atoms with Crippen molar-refractivity contribution in [1.29, 1.82) is 0 Å². The van der Waals surface area contributed by atoms with Crippen molar-refractivity contribution in [2.45, 2.75) is 38.1 Å². The average molecular weight is 285 g/mol. The maximum Gasteiger partial charge on any atom is 0.273 e. The monoisotopic (exact) mass is 285 g/mol. The summed E-state index contributed by atoms with van der Waals surface area (Å²) in [4.78, 5) is 16.4. The molecule has 1 aromatic heterocycles. The second-order valence-corrected chi connectivity index (χ2v) is 5.47. The van der Waals surface area contributed by atoms with E-state index in [4.69, 9.17) is 10.2 Å². The molecule has 0 unspecified atom stereocenters. The van der Waals surface area contributed by atoms with E-state index in [-0.39, 0.29) is 11.9 Å². The first kappa shape index (κ1) is 13.7. The number of carbonyl (C=O) groups is 1. The lowest BCUT2D eigenvalue weighted by Crippen LogP contribution is -2.36. The van der Waals surface area contributed by atoms with Crippen molar-refractivity contribution in [3.8, 4) is 11.5 Å². The molecule has 110 valence electrons. The molecule has 5 nitrogen and oxygen atoms in total. The number of nitrogens with two attached hydrogens (primary N) is 1. The summed E-state index contributed by atoms with van der Waals surface area (Å²) in [6.07, 6.45) is 7.13. The molecule has 0 atom stereocenters. The highest BCUT2D eigenvalue weighted by molar-refractivity contribution is 5.92. The number of nitrogens with one attached hydrogen (secondary N) is 1. The molecule has 1 fully saturated rings. The fourth-order valence-electron chi connectivity index (χ4n) is 2.64. The van der Waals surface area contributed by atoms with Crippen LogP contribution in [0.3, 0.4) is 0 Å². The van der Waals surface area contributed by atoms with Gasteiger partial charge in [-0.25, -0.2) is 4.98 Å². The molecule has 0 bridgehead atoms. The highest BCUT2D eigenvalue weighted by atomic mass is 16.3. The Morgan fingerprint density at radius 3 is 2.62 bits per heavy atom. The van der Waals surface area contributed by atoms with Gasteiger partial charge in [0.1, 0.15) is 6.26 Å². The standard InChI is InChI=1S/C16H19N3O2/c17-12-8-6-11(7-9-12)16-19-14(10-21-16)15(20)18-13-4-2-1-3-5-13/h6-10,13H,1-5,17H2,(H,18,20). The minimum atomic E-state index is -0.160. The Morgan fingerprint density at radius 1 is 1.19 bits per heavy atom. The van der Waals surface area contributed by atoms with Crippen molar-refractivity contribution in [1.82, 2.24) is 10.3 Å². The molecule has 1 aliphatic rings. The van der Waals surface area contributed by atoms with E-state index in [1.165, 1.54) is 25.5 Å². The van der Waals surface area contributed by atoms with Crippen molar-refractivity contribution in [2.75, 3.05) is 5.73 Å². The van der Waals surface area contributed by atoms with Crippen molar-refractivity contribution in [2.24, 2.45) is 0 Å². The van der Waals surface area contributed by atoms with Gasteiger partial charge in [0, 0.05) is 17.3 Å². The summed E-state index contributed by atoms with van der Waals surface area (Å²) in [5.41, 5.74) is 7.46. The zero-order valence-electron chi connectivity index (χ0n) is 11.8. The van der Waals surface area contributed by atoms with E-state index in [1.54, 1.807) is 12.1 Å². The number of nitrogen functional groups attached to an aromatic ring is 1. The Hall–Kier alpha value is -2.30. The van der Waals surface area contributed by atoms with E-state index in [0.29, 0.717) is 17.3 Å². The highest BCUT2D eigenvalue weighted by Crippen LogP contribution is 2.21. The van der Waals surface area contributed by atoms with Gasteiger partial charge in [0.05, 0.1) is 0 Å². The quantitative estimate of drug-likeness (QED) is 0.849. The van der Waals surface area contributed by atoms with Crippen molar-refractivity contribution >= 4 is 11.6 Å². The Morgan fingerprint density at radius 2 is 1.90 bits per heavy atom. The molecular formula is C16H19N3O2. The van der Waals surface area contributed by atoms with E-state index in [2.05, 4.69) is 10.3 Å². The minimum absolute atomic E-state index is 0.160. The van der Waals surface area contributed by atoms with E-state index in [1.807, 2.05) is 12.1 Å². The first-order valence-corrected chi connectivity index (χ1v) is 7.35. The number of amides is 1. The summed E-state index contributed by atoms with van der Waals surface area (Å²) < 4.78 is 5.39. The predicted octanol–water partition coefficient (Wildman–Crippen LogP) is 2.99. The van der Waals surface area contributed by atoms with Crippen LogP contribution in [0.4, 0.5) is 5.69 Å². The van der Waals surface area contributed by atoms with E-state index >= 15 is 0 Å². The number of carbonyl (C=O) groups excluding carboxylic acids is 1. The lowest BCUT2D eigenvalue weighted by atomic mass is 9.95. The van der Waals surface area contributed by atoms with Crippen molar-refractivity contribution < 1.29 is 9.21 Å². The maximum absolute atomic E-state index is 12.2. The van der Waals surface area contributed by atoms with Gasteiger partial charge in [-0.1, -0.05) is 19.3 Å². The first-order chi connectivity index (χ1) is 10.2. The molecule has 1 amide bonds. The summed E-state index contributed by atoms with van der Waals surface area (Å²) in [6.45, 7) is 0. The zero-order valence-corrected chi connectivity index (χ0v) is 11.8. The van der Waals surface area contributed by atoms with Gasteiger partial charge >= 0.3 is 0 Å². The molecule has 3 rings (SSSR count). The molecular weight excluding hydrogens is 266 g/mol. The molecule has 5 heteroatoms. The molecule has 2 aromatic rings. The third-order valence-electron chi connectivity index (χ3n) is 3.83. The predicted molar refractivity (Wildman–Crippen MR) is 80.7 cm³/mol. The van der Waals surface area contributed by atoms with Crippen LogP contribution in [-0.2, 0) is 0 Å². The Kier molecular flexibility index (Phi) is 3.90. The van der Waals surface area contributed by atoms with Gasteiger partial charge in [0.25, 0.3) is 5.91 Å². The molecule has 21 heavy (non-hydrogen) atoms.